The van der Waals surface area contributed by atoms with Crippen molar-refractivity contribution in [1.29, 1.82) is 0 Å². The van der Waals surface area contributed by atoms with Gasteiger partial charge in [0.1, 0.15) is 25.4 Å². The minimum Gasteiger partial charge on any atom is -0.486 e. The number of carbonyl (C=O) groups excluding carboxylic acids is 2. The third-order valence-corrected chi connectivity index (χ3v) is 12.0. The van der Waals surface area contributed by atoms with E-state index >= 15 is 0 Å². The highest BCUT2D eigenvalue weighted by molar-refractivity contribution is 5.91. The highest BCUT2D eigenvalue weighted by atomic mass is 16.6. The number of esters is 2. The zero-order valence-corrected chi connectivity index (χ0v) is 37.7. The number of hydrogen-bond donors (Lipinski definition) is 0. The van der Waals surface area contributed by atoms with Gasteiger partial charge in [0, 0.05) is 71.9 Å². The predicted octanol–water partition coefficient (Wildman–Crippen LogP) is 9.98. The van der Waals surface area contributed by atoms with Crippen LogP contribution in [0.3, 0.4) is 0 Å². The maximum atomic E-state index is 13.6. The van der Waals surface area contributed by atoms with E-state index in [0.29, 0.717) is 47.8 Å². The van der Waals surface area contributed by atoms with Crippen LogP contribution in [0.4, 0.5) is 0 Å². The van der Waals surface area contributed by atoms with Gasteiger partial charge < -0.3 is 28.4 Å². The van der Waals surface area contributed by atoms with Crippen LogP contribution in [0.5, 0.6) is 34.8 Å². The highest BCUT2D eigenvalue weighted by Crippen LogP contribution is 2.40. The van der Waals surface area contributed by atoms with Crippen molar-refractivity contribution in [3.63, 3.8) is 0 Å². The molecule has 2 aromatic heterocycles. The Kier molecular flexibility index (Phi) is 15.0. The first-order chi connectivity index (χ1) is 29.5. The molecule has 0 bridgehead atoms. The number of ether oxygens (including phenoxy) is 6. The molecule has 12 nitrogen and oxygen atoms in total. The van der Waals surface area contributed by atoms with Crippen molar-refractivity contribution in [1.82, 2.24) is 19.8 Å². The number of nitrogens with zero attached hydrogens (tertiary/aromatic N) is 4. The zero-order valence-electron chi connectivity index (χ0n) is 37.7. The Hall–Kier alpha value is -5.46. The third-order valence-electron chi connectivity index (χ3n) is 12.0. The molecule has 2 aromatic carbocycles. The molecule has 2 fully saturated rings. The standard InChI is InChI=1S/C50H64N4O8/c1-47(2)27-17-28-48(3,4)53(47)33-37(35-57-39-19-9-11-21-41(39)61-43-23-13-15-31-51-43)59-45(55)25-26-46(56)60-38(34-54-49(5,6)29-18-30-50(54,7)8)36-58-40-20-10-12-22-42(40)62-44-24-14-16-32-52-44/h9-16,19-26,31-32,37-38H,17-18,27-30,33-36H2,1-8H3/b26-25+. The summed E-state index contributed by atoms with van der Waals surface area (Å²) in [6, 6.07) is 25.5. The number of pyridine rings is 2. The Morgan fingerprint density at radius 1 is 0.532 bits per heavy atom. The average Bonchev–Trinajstić information content (AvgIpc) is 3.22. The largest absolute Gasteiger partial charge is 0.486 e. The van der Waals surface area contributed by atoms with Gasteiger partial charge in [-0.1, -0.05) is 36.4 Å². The third kappa shape index (κ3) is 12.6. The van der Waals surface area contributed by atoms with Crippen molar-refractivity contribution in [2.45, 2.75) is 128 Å². The topological polar surface area (TPSA) is 122 Å². The molecule has 0 N–H and O–H groups in total. The Morgan fingerprint density at radius 2 is 0.871 bits per heavy atom. The van der Waals surface area contributed by atoms with Crippen LogP contribution in [0.25, 0.3) is 0 Å². The molecular weight excluding hydrogens is 785 g/mol. The Morgan fingerprint density at radius 3 is 1.21 bits per heavy atom. The summed E-state index contributed by atoms with van der Waals surface area (Å²) in [5.74, 6) is 1.41. The second-order valence-electron chi connectivity index (χ2n) is 18.7. The van der Waals surface area contributed by atoms with Crippen molar-refractivity contribution in [2.75, 3.05) is 26.3 Å². The lowest BCUT2D eigenvalue weighted by atomic mass is 9.79. The molecule has 0 spiro atoms. The maximum absolute atomic E-state index is 13.6. The van der Waals surface area contributed by atoms with Crippen LogP contribution in [0.15, 0.2) is 109 Å². The van der Waals surface area contributed by atoms with Crippen LogP contribution in [0.1, 0.15) is 93.9 Å². The second kappa shape index (κ2) is 20.2. The summed E-state index contributed by atoms with van der Waals surface area (Å²) in [6.45, 7) is 18.7. The average molecular weight is 849 g/mol. The van der Waals surface area contributed by atoms with Crippen LogP contribution in [-0.2, 0) is 19.1 Å². The monoisotopic (exact) mass is 848 g/mol. The number of hydrogen-bond acceptors (Lipinski definition) is 12. The van der Waals surface area contributed by atoms with Crippen LogP contribution in [-0.4, -0.2) is 92.4 Å². The number of benzene rings is 2. The minimum absolute atomic E-state index is 0.0433. The van der Waals surface area contributed by atoms with E-state index in [1.165, 1.54) is 0 Å². The highest BCUT2D eigenvalue weighted by Gasteiger charge is 2.44. The molecular formula is C50H64N4O8. The molecule has 2 unspecified atom stereocenters. The minimum atomic E-state index is -0.694. The number of likely N-dealkylation sites (tertiary alicyclic amines) is 2. The Labute approximate surface area is 367 Å². The number of carbonyl (C=O) groups is 2. The molecule has 0 radical (unpaired) electrons. The molecule has 62 heavy (non-hydrogen) atoms. The number of rotatable bonds is 18. The van der Waals surface area contributed by atoms with Gasteiger partial charge in [-0.3, -0.25) is 9.80 Å². The summed E-state index contributed by atoms with van der Waals surface area (Å²) in [6.07, 6.45) is 10.4. The van der Waals surface area contributed by atoms with Crippen LogP contribution in [0, 0.1) is 0 Å². The first-order valence-corrected chi connectivity index (χ1v) is 21.8. The fourth-order valence-corrected chi connectivity index (χ4v) is 8.99. The fraction of sp³-hybridized carbons (Fsp3) is 0.480. The van der Waals surface area contributed by atoms with Crippen molar-refractivity contribution in [2.24, 2.45) is 0 Å². The lowest BCUT2D eigenvalue weighted by Gasteiger charge is -2.53. The van der Waals surface area contributed by atoms with E-state index in [-0.39, 0.29) is 35.4 Å². The van der Waals surface area contributed by atoms with Gasteiger partial charge in [-0.2, -0.15) is 0 Å². The number of aromatic nitrogens is 2. The maximum Gasteiger partial charge on any atom is 0.331 e. The van der Waals surface area contributed by atoms with Gasteiger partial charge in [-0.25, -0.2) is 19.6 Å². The smallest absolute Gasteiger partial charge is 0.331 e. The van der Waals surface area contributed by atoms with E-state index in [2.05, 4.69) is 75.2 Å². The van der Waals surface area contributed by atoms with Gasteiger partial charge in [0.15, 0.2) is 23.0 Å². The van der Waals surface area contributed by atoms with E-state index in [9.17, 15) is 9.59 Å². The summed E-state index contributed by atoms with van der Waals surface area (Å²) in [5, 5.41) is 0. The van der Waals surface area contributed by atoms with Crippen LogP contribution >= 0.6 is 0 Å². The van der Waals surface area contributed by atoms with E-state index in [0.717, 1.165) is 50.7 Å². The van der Waals surface area contributed by atoms with Gasteiger partial charge in [-0.05, 0) is 130 Å². The summed E-state index contributed by atoms with van der Waals surface area (Å²) in [7, 11) is 0. The van der Waals surface area contributed by atoms with Crippen LogP contribution < -0.4 is 18.9 Å². The van der Waals surface area contributed by atoms with Crippen molar-refractivity contribution >= 4 is 11.9 Å². The van der Waals surface area contributed by atoms with Gasteiger partial charge in [0.25, 0.3) is 0 Å². The molecule has 2 saturated heterocycles. The molecule has 0 saturated carbocycles. The first kappa shape index (κ1) is 46.1. The molecule has 6 rings (SSSR count). The SMILES string of the molecule is CC1(C)CCCC(C)(C)N1CC(COc1ccccc1Oc1ccccn1)OC(=O)/C=C/C(=O)OC(COc1ccccc1Oc1ccccn1)CN1C(C)(C)CCCC1(C)C. The van der Waals surface area contributed by atoms with E-state index < -0.39 is 24.1 Å². The van der Waals surface area contributed by atoms with E-state index in [4.69, 9.17) is 28.4 Å². The van der Waals surface area contributed by atoms with Gasteiger partial charge in [0.05, 0.1) is 0 Å². The summed E-state index contributed by atoms with van der Waals surface area (Å²) >= 11 is 0. The lowest BCUT2D eigenvalue weighted by Crippen LogP contribution is -2.61. The van der Waals surface area contributed by atoms with Gasteiger partial charge >= 0.3 is 11.9 Å². The molecule has 0 amide bonds. The normalized spacial score (nSPS) is 19.2. The van der Waals surface area contributed by atoms with Crippen molar-refractivity contribution in [3.8, 4) is 34.8 Å². The molecule has 4 aromatic rings. The zero-order chi connectivity index (χ0) is 44.4. The molecule has 0 aliphatic carbocycles. The van der Waals surface area contributed by atoms with Crippen molar-refractivity contribution in [3.05, 3.63) is 109 Å². The van der Waals surface area contributed by atoms with Crippen LogP contribution in [0.2, 0.25) is 0 Å². The molecule has 2 atom stereocenters. The first-order valence-electron chi connectivity index (χ1n) is 21.8. The number of piperidine rings is 2. The van der Waals surface area contributed by atoms with Crippen molar-refractivity contribution < 1.29 is 38.0 Å². The fourth-order valence-electron chi connectivity index (χ4n) is 8.99. The van der Waals surface area contributed by atoms with E-state index in [1.54, 1.807) is 48.8 Å². The number of para-hydroxylation sites is 4. The van der Waals surface area contributed by atoms with Gasteiger partial charge in [0.2, 0.25) is 11.8 Å². The van der Waals surface area contributed by atoms with E-state index in [1.807, 2.05) is 48.5 Å². The summed E-state index contributed by atoms with van der Waals surface area (Å²) in [4.78, 5) is 40.6. The molecule has 12 heteroatoms. The molecule has 4 heterocycles. The molecule has 332 valence electrons. The summed E-state index contributed by atoms with van der Waals surface area (Å²) < 4.78 is 37.0. The predicted molar refractivity (Wildman–Crippen MR) is 239 cm³/mol. The lowest BCUT2D eigenvalue weighted by molar-refractivity contribution is -0.152. The Balaban J connectivity index is 1.17. The quantitative estimate of drug-likeness (QED) is 0.0700. The second-order valence-corrected chi connectivity index (χ2v) is 18.7. The Bertz CT molecular complexity index is 1930. The molecule has 2 aliphatic heterocycles. The molecule has 2 aliphatic rings. The van der Waals surface area contributed by atoms with Gasteiger partial charge in [-0.15, -0.1) is 0 Å². The summed E-state index contributed by atoms with van der Waals surface area (Å²) in [5.41, 5.74) is -0.589.